The molecule has 168 valence electrons. The van der Waals surface area contributed by atoms with Gasteiger partial charge >= 0.3 is 0 Å². The maximum atomic E-state index is 14.0. The number of anilines is 2. The number of methoxy groups -OCH3 is 1. The number of para-hydroxylation sites is 2. The highest BCUT2D eigenvalue weighted by Gasteiger charge is 2.61. The van der Waals surface area contributed by atoms with Crippen molar-refractivity contribution in [3.63, 3.8) is 0 Å². The Hall–Kier alpha value is -4.09. The molecule has 0 saturated carbocycles. The number of carbonyl (C=O) groups excluding carboxylic acids is 1. The second-order valence-electron chi connectivity index (χ2n) is 8.56. The first-order chi connectivity index (χ1) is 16.7. The topological polar surface area (TPSA) is 45.1 Å². The quantitative estimate of drug-likeness (QED) is 0.354. The largest absolute Gasteiger partial charge is 0.497 e. The number of rotatable bonds is 4. The lowest BCUT2D eigenvalue weighted by atomic mass is 9.92. The van der Waals surface area contributed by atoms with E-state index in [0.29, 0.717) is 12.0 Å². The third-order valence-corrected chi connectivity index (χ3v) is 6.64. The van der Waals surface area contributed by atoms with Crippen LogP contribution in [0.3, 0.4) is 0 Å². The number of benzene rings is 4. The van der Waals surface area contributed by atoms with Crippen molar-refractivity contribution in [2.75, 3.05) is 17.1 Å². The second-order valence-corrected chi connectivity index (χ2v) is 8.56. The molecule has 0 N–H and O–H groups in total. The fourth-order valence-corrected chi connectivity index (χ4v) is 4.91. The third kappa shape index (κ3) is 3.25. The van der Waals surface area contributed by atoms with Crippen LogP contribution in [0.5, 0.6) is 5.75 Å². The maximum Gasteiger partial charge on any atom is 0.258 e. The Morgan fingerprint density at radius 3 is 2.12 bits per heavy atom. The van der Waals surface area contributed by atoms with Gasteiger partial charge < -0.3 is 4.74 Å². The van der Waals surface area contributed by atoms with Crippen molar-refractivity contribution in [1.29, 1.82) is 0 Å². The highest BCUT2D eigenvalue weighted by atomic mass is 16.9. The molecular formula is C29H24N2O3. The first-order valence-corrected chi connectivity index (χ1v) is 11.4. The molecule has 0 bridgehead atoms. The minimum absolute atomic E-state index is 0.0331. The zero-order valence-electron chi connectivity index (χ0n) is 18.8. The van der Waals surface area contributed by atoms with E-state index in [-0.39, 0.29) is 11.9 Å². The van der Waals surface area contributed by atoms with Crippen LogP contribution in [-0.2, 0) is 10.6 Å². The summed E-state index contributed by atoms with van der Waals surface area (Å²) < 4.78 is 5.36. The SMILES string of the molecule is COc1ccc(C23CC(c4ccccc4)N(C(=O)c4ccccc4)c4ccccc4N2O3)cc1. The van der Waals surface area contributed by atoms with E-state index in [2.05, 4.69) is 12.1 Å². The number of hydroxylamine groups is 1. The highest BCUT2D eigenvalue weighted by molar-refractivity contribution is 6.08. The monoisotopic (exact) mass is 448 g/mol. The van der Waals surface area contributed by atoms with Gasteiger partial charge in [0.25, 0.3) is 5.91 Å². The molecular weight excluding hydrogens is 424 g/mol. The van der Waals surface area contributed by atoms with Crippen LogP contribution in [0.4, 0.5) is 11.4 Å². The van der Waals surface area contributed by atoms with E-state index in [9.17, 15) is 4.79 Å². The smallest absolute Gasteiger partial charge is 0.258 e. The molecule has 1 fully saturated rings. The molecule has 6 rings (SSSR count). The molecule has 0 spiro atoms. The van der Waals surface area contributed by atoms with Crippen LogP contribution in [0.25, 0.3) is 0 Å². The van der Waals surface area contributed by atoms with E-state index < -0.39 is 5.72 Å². The third-order valence-electron chi connectivity index (χ3n) is 6.64. The van der Waals surface area contributed by atoms with Crippen LogP contribution in [-0.4, -0.2) is 13.0 Å². The van der Waals surface area contributed by atoms with Gasteiger partial charge in [-0.15, -0.1) is 0 Å². The average molecular weight is 449 g/mol. The maximum absolute atomic E-state index is 14.0. The summed E-state index contributed by atoms with van der Waals surface area (Å²) in [4.78, 5) is 22.3. The summed E-state index contributed by atoms with van der Waals surface area (Å²) in [6, 6.07) is 35.4. The molecule has 5 nitrogen and oxygen atoms in total. The summed E-state index contributed by atoms with van der Waals surface area (Å²) in [5.41, 5.74) is 3.78. The zero-order chi connectivity index (χ0) is 23.1. The van der Waals surface area contributed by atoms with E-state index in [1.165, 1.54) is 0 Å². The van der Waals surface area contributed by atoms with Crippen molar-refractivity contribution in [2.24, 2.45) is 0 Å². The molecule has 2 aliphatic heterocycles. The lowest BCUT2D eigenvalue weighted by molar-refractivity contribution is 0.0970. The van der Waals surface area contributed by atoms with Crippen molar-refractivity contribution in [2.45, 2.75) is 18.2 Å². The number of hydrogen-bond acceptors (Lipinski definition) is 4. The molecule has 2 aliphatic rings. The van der Waals surface area contributed by atoms with E-state index in [4.69, 9.17) is 9.57 Å². The number of carbonyl (C=O) groups is 1. The van der Waals surface area contributed by atoms with Gasteiger partial charge in [0.05, 0.1) is 24.5 Å². The van der Waals surface area contributed by atoms with Gasteiger partial charge in [-0.2, -0.15) is 0 Å². The molecule has 4 aromatic rings. The van der Waals surface area contributed by atoms with E-state index in [1.54, 1.807) is 7.11 Å². The lowest BCUT2D eigenvalue weighted by Gasteiger charge is -2.32. The molecule has 0 radical (unpaired) electrons. The fourth-order valence-electron chi connectivity index (χ4n) is 4.91. The summed E-state index contributed by atoms with van der Waals surface area (Å²) >= 11 is 0. The van der Waals surface area contributed by atoms with Gasteiger partial charge in [0.1, 0.15) is 5.75 Å². The second kappa shape index (κ2) is 8.04. The molecule has 1 saturated heterocycles. The standard InChI is InChI=1S/C29H24N2O3/c1-33-24-18-16-23(17-19-24)29-20-27(21-10-4-2-5-11-21)30(28(32)22-12-6-3-7-13-22)25-14-8-9-15-26(25)31(29)34-29/h2-19,27H,20H2,1H3. The van der Waals surface area contributed by atoms with Crippen molar-refractivity contribution in [3.05, 3.63) is 126 Å². The molecule has 1 amide bonds. The lowest BCUT2D eigenvalue weighted by Crippen LogP contribution is -2.36. The minimum Gasteiger partial charge on any atom is -0.497 e. The fraction of sp³-hybridized carbons (Fsp3) is 0.138. The van der Waals surface area contributed by atoms with Gasteiger partial charge in [0, 0.05) is 17.5 Å². The van der Waals surface area contributed by atoms with Crippen molar-refractivity contribution < 1.29 is 14.4 Å². The Balaban J connectivity index is 1.53. The molecule has 34 heavy (non-hydrogen) atoms. The summed E-state index contributed by atoms with van der Waals surface area (Å²) in [5, 5.41) is 1.94. The van der Waals surface area contributed by atoms with Crippen LogP contribution in [0, 0.1) is 0 Å². The van der Waals surface area contributed by atoms with Gasteiger partial charge in [-0.1, -0.05) is 72.8 Å². The normalized spacial score (nSPS) is 20.7. The van der Waals surface area contributed by atoms with Crippen LogP contribution in [0.1, 0.15) is 33.9 Å². The predicted molar refractivity (Wildman–Crippen MR) is 132 cm³/mol. The Kier molecular flexibility index (Phi) is 4.85. The number of ether oxygens (including phenoxy) is 1. The first-order valence-electron chi connectivity index (χ1n) is 11.4. The Bertz CT molecular complexity index is 1320. The number of nitrogens with zero attached hydrogens (tertiary/aromatic N) is 2. The van der Waals surface area contributed by atoms with Crippen molar-refractivity contribution >= 4 is 17.3 Å². The number of fused-ring (bicyclic) bond motifs is 3. The molecule has 4 aromatic carbocycles. The van der Waals surface area contributed by atoms with Crippen LogP contribution in [0.2, 0.25) is 0 Å². The minimum atomic E-state index is -0.672. The van der Waals surface area contributed by atoms with Crippen molar-refractivity contribution in [1.82, 2.24) is 0 Å². The van der Waals surface area contributed by atoms with Crippen LogP contribution < -0.4 is 14.7 Å². The molecule has 2 atom stereocenters. The van der Waals surface area contributed by atoms with Crippen LogP contribution in [0.15, 0.2) is 109 Å². The van der Waals surface area contributed by atoms with E-state index >= 15 is 0 Å². The molecule has 2 heterocycles. The number of hydrogen-bond donors (Lipinski definition) is 0. The molecule has 2 unspecified atom stereocenters. The van der Waals surface area contributed by atoms with E-state index in [0.717, 1.165) is 28.3 Å². The molecule has 0 aliphatic carbocycles. The van der Waals surface area contributed by atoms with Crippen molar-refractivity contribution in [3.8, 4) is 5.75 Å². The highest BCUT2D eigenvalue weighted by Crippen LogP contribution is 2.59. The predicted octanol–water partition coefficient (Wildman–Crippen LogP) is 6.09. The summed E-state index contributed by atoms with van der Waals surface area (Å²) in [6.07, 6.45) is 0.580. The van der Waals surface area contributed by atoms with Gasteiger partial charge in [-0.05, 0) is 42.0 Å². The van der Waals surface area contributed by atoms with Gasteiger partial charge in [0.15, 0.2) is 0 Å². The van der Waals surface area contributed by atoms with Gasteiger partial charge in [-0.25, -0.2) is 9.90 Å². The first kappa shape index (κ1) is 20.5. The van der Waals surface area contributed by atoms with Crippen LogP contribution >= 0.6 is 0 Å². The Labute approximate surface area is 198 Å². The Morgan fingerprint density at radius 1 is 0.824 bits per heavy atom. The summed E-state index contributed by atoms with van der Waals surface area (Å²) in [6.45, 7) is 0. The van der Waals surface area contributed by atoms with Gasteiger partial charge in [-0.3, -0.25) is 9.69 Å². The summed E-state index contributed by atoms with van der Waals surface area (Å²) in [5.74, 6) is 0.760. The average Bonchev–Trinajstić information content (AvgIpc) is 3.65. The van der Waals surface area contributed by atoms with E-state index in [1.807, 2.05) is 107 Å². The number of amides is 1. The summed E-state index contributed by atoms with van der Waals surface area (Å²) in [7, 11) is 1.66. The Morgan fingerprint density at radius 2 is 1.44 bits per heavy atom. The zero-order valence-corrected chi connectivity index (χ0v) is 18.8. The molecule has 5 heteroatoms. The van der Waals surface area contributed by atoms with Gasteiger partial charge in [0.2, 0.25) is 5.72 Å². The molecule has 0 aromatic heterocycles.